The van der Waals surface area contributed by atoms with Gasteiger partial charge in [-0.25, -0.2) is 13.4 Å². The van der Waals surface area contributed by atoms with Crippen LogP contribution < -0.4 is 10.1 Å². The molecule has 7 nitrogen and oxygen atoms in total. The molecule has 1 atom stereocenters. The lowest BCUT2D eigenvalue weighted by molar-refractivity contribution is 0.0935. The number of carbonyl (C=O) groups is 1. The molecule has 0 radical (unpaired) electrons. The van der Waals surface area contributed by atoms with Crippen molar-refractivity contribution in [2.45, 2.75) is 24.4 Å². The van der Waals surface area contributed by atoms with E-state index in [1.807, 2.05) is 6.92 Å². The highest BCUT2D eigenvalue weighted by molar-refractivity contribution is 7.90. The van der Waals surface area contributed by atoms with Gasteiger partial charge in [0, 0.05) is 30.3 Å². The van der Waals surface area contributed by atoms with Crippen molar-refractivity contribution >= 4 is 15.7 Å². The number of sulfone groups is 1. The SMILES string of the molecule is CC[C@H](NC(=O)c1ccncc1)c1cc(OC)nc(S(C)(=O)=O)c1. The maximum atomic E-state index is 12.3. The van der Waals surface area contributed by atoms with Crippen LogP contribution in [0.15, 0.2) is 41.7 Å². The standard InChI is InChI=1S/C16H19N3O4S/c1-4-13(18-16(20)11-5-7-17-8-6-11)12-9-14(23-2)19-15(10-12)24(3,21)22/h5-10,13H,4H2,1-3H3,(H,18,20)/t13-/m0/s1. The van der Waals surface area contributed by atoms with Crippen LogP contribution in [0.4, 0.5) is 0 Å². The molecule has 0 fully saturated rings. The number of pyridine rings is 2. The van der Waals surface area contributed by atoms with Crippen LogP contribution in [-0.2, 0) is 9.84 Å². The van der Waals surface area contributed by atoms with Crippen molar-refractivity contribution < 1.29 is 17.9 Å². The summed E-state index contributed by atoms with van der Waals surface area (Å²) in [6.45, 7) is 1.89. The molecule has 128 valence electrons. The Labute approximate surface area is 141 Å². The maximum absolute atomic E-state index is 12.3. The number of methoxy groups -OCH3 is 1. The Morgan fingerprint density at radius 3 is 2.50 bits per heavy atom. The molecule has 8 heteroatoms. The number of hydrogen-bond acceptors (Lipinski definition) is 6. The van der Waals surface area contributed by atoms with E-state index in [9.17, 15) is 13.2 Å². The molecule has 2 aromatic heterocycles. The second-order valence-corrected chi connectivity index (χ2v) is 7.19. The van der Waals surface area contributed by atoms with Gasteiger partial charge < -0.3 is 10.1 Å². The van der Waals surface area contributed by atoms with Crippen molar-refractivity contribution in [3.8, 4) is 5.88 Å². The van der Waals surface area contributed by atoms with E-state index in [4.69, 9.17) is 4.74 Å². The molecule has 0 saturated carbocycles. The van der Waals surface area contributed by atoms with Crippen LogP contribution in [0, 0.1) is 0 Å². The van der Waals surface area contributed by atoms with Gasteiger partial charge in [0.1, 0.15) is 0 Å². The summed E-state index contributed by atoms with van der Waals surface area (Å²) in [5.41, 5.74) is 1.10. The van der Waals surface area contributed by atoms with Gasteiger partial charge in [0.15, 0.2) is 14.9 Å². The van der Waals surface area contributed by atoms with E-state index in [-0.39, 0.29) is 22.9 Å². The van der Waals surface area contributed by atoms with E-state index >= 15 is 0 Å². The highest BCUT2D eigenvalue weighted by Gasteiger charge is 2.19. The van der Waals surface area contributed by atoms with Gasteiger partial charge in [0.25, 0.3) is 5.91 Å². The Balaban J connectivity index is 2.35. The summed E-state index contributed by atoms with van der Waals surface area (Å²) in [6, 6.07) is 5.92. The molecule has 0 unspecified atom stereocenters. The lowest BCUT2D eigenvalue weighted by atomic mass is 10.1. The Morgan fingerprint density at radius 2 is 1.96 bits per heavy atom. The van der Waals surface area contributed by atoms with E-state index < -0.39 is 9.84 Å². The lowest BCUT2D eigenvalue weighted by Gasteiger charge is -2.18. The first kappa shape index (κ1) is 17.9. The molecular weight excluding hydrogens is 330 g/mol. The maximum Gasteiger partial charge on any atom is 0.251 e. The lowest BCUT2D eigenvalue weighted by Crippen LogP contribution is -2.28. The van der Waals surface area contributed by atoms with Gasteiger partial charge in [0.05, 0.1) is 13.2 Å². The molecule has 1 amide bonds. The molecule has 2 rings (SSSR count). The fourth-order valence-corrected chi connectivity index (χ4v) is 2.77. The fourth-order valence-electron chi connectivity index (χ4n) is 2.16. The van der Waals surface area contributed by atoms with Crippen molar-refractivity contribution in [2.24, 2.45) is 0 Å². The molecule has 0 bridgehead atoms. The number of nitrogens with one attached hydrogen (secondary N) is 1. The quantitative estimate of drug-likeness (QED) is 0.853. The summed E-state index contributed by atoms with van der Waals surface area (Å²) in [4.78, 5) is 20.1. The number of rotatable bonds is 6. The highest BCUT2D eigenvalue weighted by atomic mass is 32.2. The average Bonchev–Trinajstić information content (AvgIpc) is 2.59. The Kier molecular flexibility index (Phi) is 5.50. The topological polar surface area (TPSA) is 98.2 Å². The summed E-state index contributed by atoms with van der Waals surface area (Å²) in [5, 5.41) is 2.79. The minimum atomic E-state index is -3.49. The molecule has 0 aliphatic heterocycles. The molecule has 2 aromatic rings. The largest absolute Gasteiger partial charge is 0.481 e. The van der Waals surface area contributed by atoms with Gasteiger partial charge in [-0.05, 0) is 30.2 Å². The van der Waals surface area contributed by atoms with Crippen LogP contribution in [0.3, 0.4) is 0 Å². The summed E-state index contributed by atoms with van der Waals surface area (Å²) in [7, 11) is -2.08. The minimum absolute atomic E-state index is 0.0894. The fraction of sp³-hybridized carbons (Fsp3) is 0.312. The first-order valence-corrected chi connectivity index (χ1v) is 9.21. The minimum Gasteiger partial charge on any atom is -0.481 e. The number of carbonyl (C=O) groups excluding carboxylic acids is 1. The smallest absolute Gasteiger partial charge is 0.251 e. The molecule has 0 spiro atoms. The number of aromatic nitrogens is 2. The van der Waals surface area contributed by atoms with Crippen molar-refractivity contribution in [2.75, 3.05) is 13.4 Å². The van der Waals surface area contributed by atoms with Gasteiger partial charge in [-0.2, -0.15) is 0 Å². The average molecular weight is 349 g/mol. The summed E-state index contributed by atoms with van der Waals surface area (Å²) in [5.74, 6) is -0.0783. The van der Waals surface area contributed by atoms with Gasteiger partial charge in [0.2, 0.25) is 5.88 Å². The molecule has 24 heavy (non-hydrogen) atoms. The monoisotopic (exact) mass is 349 g/mol. The third-order valence-corrected chi connectivity index (χ3v) is 4.42. The Hall–Kier alpha value is -2.48. The van der Waals surface area contributed by atoms with Crippen molar-refractivity contribution in [1.82, 2.24) is 15.3 Å². The van der Waals surface area contributed by atoms with E-state index in [1.165, 1.54) is 25.6 Å². The zero-order valence-corrected chi connectivity index (χ0v) is 14.5. The number of ether oxygens (including phenoxy) is 1. The van der Waals surface area contributed by atoms with Crippen LogP contribution in [0.1, 0.15) is 35.3 Å². The van der Waals surface area contributed by atoms with E-state index in [0.717, 1.165) is 6.26 Å². The second kappa shape index (κ2) is 7.39. The molecule has 2 heterocycles. The predicted octanol–water partition coefficient (Wildman–Crippen LogP) is 1.77. The van der Waals surface area contributed by atoms with Gasteiger partial charge in [-0.3, -0.25) is 9.78 Å². The molecular formula is C16H19N3O4S. The van der Waals surface area contributed by atoms with Crippen LogP contribution in [0.5, 0.6) is 5.88 Å². The van der Waals surface area contributed by atoms with Crippen LogP contribution in [0.2, 0.25) is 0 Å². The summed E-state index contributed by atoms with van der Waals surface area (Å²) >= 11 is 0. The zero-order valence-electron chi connectivity index (χ0n) is 13.7. The zero-order chi connectivity index (χ0) is 17.7. The second-order valence-electron chi connectivity index (χ2n) is 5.22. The van der Waals surface area contributed by atoms with E-state index in [2.05, 4.69) is 15.3 Å². The molecule has 0 aliphatic carbocycles. The molecule has 0 saturated heterocycles. The Bertz CT molecular complexity index is 822. The van der Waals surface area contributed by atoms with Gasteiger partial charge in [-0.1, -0.05) is 6.92 Å². The van der Waals surface area contributed by atoms with Crippen molar-refractivity contribution in [1.29, 1.82) is 0 Å². The summed E-state index contributed by atoms with van der Waals surface area (Å²) in [6.07, 6.45) is 4.72. The molecule has 1 N–H and O–H groups in total. The first-order chi connectivity index (χ1) is 11.3. The molecule has 0 aromatic carbocycles. The third-order valence-electron chi connectivity index (χ3n) is 3.45. The molecule has 0 aliphatic rings. The van der Waals surface area contributed by atoms with Crippen LogP contribution >= 0.6 is 0 Å². The van der Waals surface area contributed by atoms with E-state index in [0.29, 0.717) is 17.5 Å². The van der Waals surface area contributed by atoms with Crippen LogP contribution in [0.25, 0.3) is 0 Å². The number of hydrogen-bond donors (Lipinski definition) is 1. The van der Waals surface area contributed by atoms with Gasteiger partial charge in [-0.15, -0.1) is 0 Å². The number of nitrogens with zero attached hydrogens (tertiary/aromatic N) is 2. The Morgan fingerprint density at radius 1 is 1.29 bits per heavy atom. The first-order valence-electron chi connectivity index (χ1n) is 7.32. The van der Waals surface area contributed by atoms with Crippen molar-refractivity contribution in [3.05, 3.63) is 47.8 Å². The summed E-state index contributed by atoms with van der Waals surface area (Å²) < 4.78 is 28.7. The number of amides is 1. The normalized spacial score (nSPS) is 12.5. The third kappa shape index (κ3) is 4.29. The highest BCUT2D eigenvalue weighted by Crippen LogP contribution is 2.24. The van der Waals surface area contributed by atoms with E-state index in [1.54, 1.807) is 18.2 Å². The predicted molar refractivity (Wildman–Crippen MR) is 88.6 cm³/mol. The van der Waals surface area contributed by atoms with Crippen LogP contribution in [-0.4, -0.2) is 37.7 Å². The van der Waals surface area contributed by atoms with Crippen molar-refractivity contribution in [3.63, 3.8) is 0 Å². The van der Waals surface area contributed by atoms with Gasteiger partial charge >= 0.3 is 0 Å².